The maximum Gasteiger partial charge on any atom is 0.187 e. The van der Waals surface area contributed by atoms with E-state index < -0.39 is 227 Å². The summed E-state index contributed by atoms with van der Waals surface area (Å²) in [4.78, 5) is 0. The number of hydrogen-bond donors (Lipinski definition) is 19. The van der Waals surface area contributed by atoms with Crippen molar-refractivity contribution in [3.05, 3.63) is 11.6 Å². The van der Waals surface area contributed by atoms with E-state index in [1.54, 1.807) is 0 Å². The summed E-state index contributed by atoms with van der Waals surface area (Å²) in [6.07, 6.45) is -37.4. The third-order valence-corrected chi connectivity index (χ3v) is 22.9. The van der Waals surface area contributed by atoms with E-state index >= 15 is 0 Å². The molecule has 19 N–H and O–H groups in total. The summed E-state index contributed by atoms with van der Waals surface area (Å²) in [5.41, 5.74) is -2.49. The SMILES string of the molecule is C[C@H](CC[C@@H](O[C@@H]1OC(CO[C@@H]2OC(CO)C(O)C(O)C2O)[C@@H](O)C(O)C1O[C@@H]1OC(CO)[C@@H](O)C(O)C1O)C(C)(C)O)[C@H]1CC[C@@]2(C)[C@@H]3CC=C4[C@@H](CC[C@H](O[C@@H]5OC(CO[C@@H]6OC(CO)[C@@H](O)C(O)C6O)[C@@H](O)C(O)C5O)C4(C)C)[C@]3(C)[C@H](O)C[C@]12C. The first-order chi connectivity index (χ1) is 41.6. The Morgan fingerprint density at radius 1 is 0.517 bits per heavy atom. The molecule has 8 fully saturated rings. The molecule has 16 unspecified atom stereocenters. The number of hydrogen-bond acceptors (Lipinski definition) is 29. The smallest absolute Gasteiger partial charge is 0.187 e. The molecule has 29 heteroatoms. The Balaban J connectivity index is 0.883. The van der Waals surface area contributed by atoms with Crippen molar-refractivity contribution in [3.63, 3.8) is 0 Å². The van der Waals surface area contributed by atoms with E-state index in [1.165, 1.54) is 13.8 Å². The van der Waals surface area contributed by atoms with Gasteiger partial charge in [0.2, 0.25) is 0 Å². The third kappa shape index (κ3) is 13.1. The molecule has 5 saturated heterocycles. The molecule has 0 radical (unpaired) electrons. The van der Waals surface area contributed by atoms with E-state index in [1.807, 2.05) is 13.8 Å². The molecular weight excluding hydrogens is 1180 g/mol. The highest BCUT2D eigenvalue weighted by molar-refractivity contribution is 5.32. The van der Waals surface area contributed by atoms with E-state index in [0.717, 1.165) is 18.4 Å². The van der Waals surface area contributed by atoms with Gasteiger partial charge in [-0.15, -0.1) is 0 Å². The molecule has 35 atom stereocenters. The fraction of sp³-hybridized carbons (Fsp3) is 0.967. The normalized spacial score (nSPS) is 51.8. The van der Waals surface area contributed by atoms with E-state index in [-0.39, 0.29) is 35.5 Å². The molecule has 5 heterocycles. The number of fused-ring (bicyclic) bond motifs is 5. The van der Waals surface area contributed by atoms with Gasteiger partial charge in [-0.2, -0.15) is 0 Å². The lowest BCUT2D eigenvalue weighted by Gasteiger charge is -2.67. The van der Waals surface area contributed by atoms with Crippen LogP contribution in [0.4, 0.5) is 0 Å². The topological polar surface area (TPSA) is 477 Å². The first-order valence-corrected chi connectivity index (χ1v) is 31.6. The molecule has 516 valence electrons. The van der Waals surface area contributed by atoms with Crippen LogP contribution in [0.1, 0.15) is 107 Å². The van der Waals surface area contributed by atoms with Gasteiger partial charge in [0.1, 0.15) is 122 Å². The second-order valence-corrected chi connectivity index (χ2v) is 28.7. The molecule has 29 nitrogen and oxygen atoms in total. The lowest BCUT2D eigenvalue weighted by Crippen LogP contribution is -2.65. The first-order valence-electron chi connectivity index (χ1n) is 31.6. The van der Waals surface area contributed by atoms with Gasteiger partial charge in [-0.1, -0.05) is 53.2 Å². The quantitative estimate of drug-likeness (QED) is 0.0506. The molecular formula is C60H102O29. The van der Waals surface area contributed by atoms with Gasteiger partial charge in [0.15, 0.2) is 31.5 Å². The van der Waals surface area contributed by atoms with Gasteiger partial charge in [-0.05, 0) is 99.7 Å². The van der Waals surface area contributed by atoms with Crippen LogP contribution in [0.3, 0.4) is 0 Å². The van der Waals surface area contributed by atoms with Crippen molar-refractivity contribution in [2.75, 3.05) is 33.0 Å². The van der Waals surface area contributed by atoms with Crippen molar-refractivity contribution in [1.29, 1.82) is 0 Å². The predicted molar refractivity (Wildman–Crippen MR) is 300 cm³/mol. The number of rotatable bonds is 20. The van der Waals surface area contributed by atoms with Crippen molar-refractivity contribution in [1.82, 2.24) is 0 Å². The summed E-state index contributed by atoms with van der Waals surface area (Å²) < 4.78 is 59.3. The zero-order valence-corrected chi connectivity index (χ0v) is 51.8. The van der Waals surface area contributed by atoms with Crippen molar-refractivity contribution >= 4 is 0 Å². The number of aliphatic hydroxyl groups is 19. The van der Waals surface area contributed by atoms with Crippen LogP contribution in [0.25, 0.3) is 0 Å². The molecule has 9 aliphatic rings. The maximum atomic E-state index is 12.8. The van der Waals surface area contributed by atoms with Crippen LogP contribution in [0, 0.1) is 45.3 Å². The molecule has 0 aromatic heterocycles. The van der Waals surface area contributed by atoms with Crippen LogP contribution in [0.15, 0.2) is 11.6 Å². The first kappa shape index (κ1) is 71.9. The van der Waals surface area contributed by atoms with Gasteiger partial charge < -0.3 is 144 Å². The van der Waals surface area contributed by atoms with Gasteiger partial charge in [0.05, 0.1) is 56.9 Å². The van der Waals surface area contributed by atoms with Gasteiger partial charge in [-0.3, -0.25) is 0 Å². The van der Waals surface area contributed by atoms with E-state index in [9.17, 15) is 97.0 Å². The van der Waals surface area contributed by atoms with Crippen molar-refractivity contribution in [2.24, 2.45) is 45.3 Å². The minimum absolute atomic E-state index is 0.0310. The van der Waals surface area contributed by atoms with E-state index in [2.05, 4.69) is 33.8 Å². The third-order valence-electron chi connectivity index (χ3n) is 22.9. The molecule has 0 aromatic carbocycles. The lowest BCUT2D eigenvalue weighted by molar-refractivity contribution is -0.380. The summed E-state index contributed by atoms with van der Waals surface area (Å²) in [5, 5.41) is 205. The van der Waals surface area contributed by atoms with Crippen LogP contribution in [-0.2, 0) is 47.4 Å². The molecule has 9 rings (SSSR count). The average Bonchev–Trinajstić information content (AvgIpc) is 1.66. The Hall–Kier alpha value is -1.42. The van der Waals surface area contributed by atoms with Crippen molar-refractivity contribution in [2.45, 2.75) is 284 Å². The van der Waals surface area contributed by atoms with Crippen LogP contribution in [0.2, 0.25) is 0 Å². The largest absolute Gasteiger partial charge is 0.394 e. The standard InChI is InChI=1S/C60H102O29/c1-23(9-13-35(57(4,5)79)88-55-50(89-54-49(78)43(72)38(67)29(20-63)84-54)45(74)40(69)31(86-55)22-81-52-47(76)42(71)37(66)28(19-62)83-52)24-15-16-58(6)32-12-10-25-26(60(32,8)33(64)17-59(24,58)7)11-14-34(56(25,2)3)87-53-48(77)44(73)39(68)30(85-53)21-80-51-46(75)41(70)36(65)27(18-61)82-51/h10,23-24,26-55,61-79H,9,11-22H2,1-8H3/t23-,24-,26-,27?,28?,29?,30?,31?,32+,33-,34+,35-,36-,37?,38-,39-,40-,41?,42?,43?,44?,45?,46?,47?,48?,49?,50?,51-,52-,53+,54+,55+,58+,59-,60+/m1/s1. The molecule has 0 bridgehead atoms. The Kier molecular flexibility index (Phi) is 22.3. The second kappa shape index (κ2) is 27.6. The van der Waals surface area contributed by atoms with Crippen LogP contribution in [-0.4, -0.2) is 308 Å². The molecule has 5 aliphatic heterocycles. The summed E-state index contributed by atoms with van der Waals surface area (Å²) in [5.74, 6) is -0.0172. The van der Waals surface area contributed by atoms with Crippen LogP contribution >= 0.6 is 0 Å². The molecule has 89 heavy (non-hydrogen) atoms. The molecule has 4 aliphatic carbocycles. The highest BCUT2D eigenvalue weighted by atomic mass is 16.8. The Morgan fingerprint density at radius 2 is 0.955 bits per heavy atom. The Labute approximate surface area is 517 Å². The number of ether oxygens (including phenoxy) is 10. The van der Waals surface area contributed by atoms with Crippen molar-refractivity contribution in [3.8, 4) is 0 Å². The average molecular weight is 1290 g/mol. The van der Waals surface area contributed by atoms with Gasteiger partial charge in [0.25, 0.3) is 0 Å². The van der Waals surface area contributed by atoms with Gasteiger partial charge >= 0.3 is 0 Å². The maximum absolute atomic E-state index is 12.8. The molecule has 0 aromatic rings. The van der Waals surface area contributed by atoms with Crippen LogP contribution in [0.5, 0.6) is 0 Å². The number of allylic oxidation sites excluding steroid dienone is 1. The summed E-state index contributed by atoms with van der Waals surface area (Å²) >= 11 is 0. The zero-order valence-electron chi connectivity index (χ0n) is 51.8. The molecule has 3 saturated carbocycles. The van der Waals surface area contributed by atoms with Crippen LogP contribution < -0.4 is 0 Å². The predicted octanol–water partition coefficient (Wildman–Crippen LogP) is -5.41. The van der Waals surface area contributed by atoms with Crippen molar-refractivity contribution < 1.29 is 144 Å². The highest BCUT2D eigenvalue weighted by Gasteiger charge is 2.70. The number of aliphatic hydroxyl groups excluding tert-OH is 18. The second-order valence-electron chi connectivity index (χ2n) is 28.7. The Bertz CT molecular complexity index is 2340. The van der Waals surface area contributed by atoms with E-state index in [4.69, 9.17) is 47.4 Å². The fourth-order valence-corrected chi connectivity index (χ4v) is 17.0. The van der Waals surface area contributed by atoms with Gasteiger partial charge in [-0.25, -0.2) is 0 Å². The highest BCUT2D eigenvalue weighted by Crippen LogP contribution is 2.75. The fourth-order valence-electron chi connectivity index (χ4n) is 17.0. The monoisotopic (exact) mass is 1290 g/mol. The lowest BCUT2D eigenvalue weighted by atomic mass is 9.38. The Morgan fingerprint density at radius 3 is 1.45 bits per heavy atom. The summed E-state index contributed by atoms with van der Waals surface area (Å²) in [6, 6.07) is 0. The minimum Gasteiger partial charge on any atom is -0.394 e. The zero-order chi connectivity index (χ0) is 65.5. The summed E-state index contributed by atoms with van der Waals surface area (Å²) in [7, 11) is 0. The van der Waals surface area contributed by atoms with Gasteiger partial charge in [0, 0.05) is 10.8 Å². The molecule has 0 spiro atoms. The summed E-state index contributed by atoms with van der Waals surface area (Å²) in [6.45, 7) is 12.6. The van der Waals surface area contributed by atoms with E-state index in [0.29, 0.717) is 32.1 Å². The minimum atomic E-state index is -1.96. The molecule has 0 amide bonds.